The molecule has 3 aromatic rings. The first-order valence-corrected chi connectivity index (χ1v) is 8.37. The van der Waals surface area contributed by atoms with Crippen molar-refractivity contribution in [2.24, 2.45) is 5.73 Å². The fraction of sp³-hybridized carbons (Fsp3) is 0.238. The van der Waals surface area contributed by atoms with Crippen LogP contribution in [0, 0.1) is 0 Å². The van der Waals surface area contributed by atoms with Crippen molar-refractivity contribution < 1.29 is 9.47 Å². The topological polar surface area (TPSA) is 44.5 Å². The molecule has 0 saturated carbocycles. The molecule has 124 valence electrons. The molecule has 3 rings (SSSR count). The molecule has 24 heavy (non-hydrogen) atoms. The molecule has 0 aromatic heterocycles. The second-order valence-electron chi connectivity index (χ2n) is 5.66. The summed E-state index contributed by atoms with van der Waals surface area (Å²) in [6, 6.07) is 20.4. The van der Waals surface area contributed by atoms with E-state index in [0.29, 0.717) is 19.8 Å². The van der Waals surface area contributed by atoms with E-state index >= 15 is 0 Å². The third-order valence-electron chi connectivity index (χ3n) is 4.14. The van der Waals surface area contributed by atoms with Gasteiger partial charge in [-0.3, -0.25) is 0 Å². The Morgan fingerprint density at radius 1 is 0.833 bits per heavy atom. The van der Waals surface area contributed by atoms with Gasteiger partial charge in [-0.15, -0.1) is 0 Å². The molecule has 0 amide bonds. The van der Waals surface area contributed by atoms with Gasteiger partial charge in [-0.05, 0) is 41.0 Å². The summed E-state index contributed by atoms with van der Waals surface area (Å²) in [5.41, 5.74) is 8.28. The second-order valence-corrected chi connectivity index (χ2v) is 5.66. The molecule has 0 bridgehead atoms. The van der Waals surface area contributed by atoms with Crippen molar-refractivity contribution >= 4 is 10.8 Å². The summed E-state index contributed by atoms with van der Waals surface area (Å²) in [5.74, 6) is 1.70. The lowest BCUT2D eigenvalue weighted by Gasteiger charge is -2.13. The van der Waals surface area contributed by atoms with Crippen LogP contribution in [0.2, 0.25) is 0 Å². The molecular formula is C21H23NO2. The van der Waals surface area contributed by atoms with Gasteiger partial charge in [0.2, 0.25) is 0 Å². The van der Waals surface area contributed by atoms with Crippen LogP contribution in [0.15, 0.2) is 60.7 Å². The number of fused-ring (bicyclic) bond motifs is 1. The van der Waals surface area contributed by atoms with Crippen molar-refractivity contribution in [3.63, 3.8) is 0 Å². The van der Waals surface area contributed by atoms with E-state index in [1.165, 1.54) is 10.9 Å². The molecule has 3 nitrogen and oxygen atoms in total. The van der Waals surface area contributed by atoms with Crippen molar-refractivity contribution in [3.8, 4) is 11.5 Å². The van der Waals surface area contributed by atoms with E-state index in [2.05, 4.69) is 37.3 Å². The van der Waals surface area contributed by atoms with Crippen LogP contribution in [0.4, 0.5) is 0 Å². The predicted molar refractivity (Wildman–Crippen MR) is 98.6 cm³/mol. The van der Waals surface area contributed by atoms with Gasteiger partial charge in [0.25, 0.3) is 0 Å². The molecule has 3 heteroatoms. The van der Waals surface area contributed by atoms with Gasteiger partial charge >= 0.3 is 0 Å². The minimum atomic E-state index is 0.454. The van der Waals surface area contributed by atoms with Crippen LogP contribution in [-0.4, -0.2) is 13.2 Å². The molecule has 0 unspecified atom stereocenters. The van der Waals surface area contributed by atoms with Crippen LogP contribution in [0.1, 0.15) is 18.1 Å². The van der Waals surface area contributed by atoms with E-state index < -0.39 is 0 Å². The van der Waals surface area contributed by atoms with Crippen molar-refractivity contribution in [1.82, 2.24) is 0 Å². The van der Waals surface area contributed by atoms with Crippen LogP contribution in [0.5, 0.6) is 11.5 Å². The largest absolute Gasteiger partial charge is 0.490 e. The SMILES string of the molecule is CCc1ccc(OCCOc2ccc3ccccc3c2CN)cc1. The Bertz CT molecular complexity index is 797. The number of hydrogen-bond donors (Lipinski definition) is 1. The van der Waals surface area contributed by atoms with Gasteiger partial charge in [0.05, 0.1) is 0 Å². The number of benzene rings is 3. The first-order chi connectivity index (χ1) is 11.8. The summed E-state index contributed by atoms with van der Waals surface area (Å²) in [4.78, 5) is 0. The molecular weight excluding hydrogens is 298 g/mol. The highest BCUT2D eigenvalue weighted by Crippen LogP contribution is 2.27. The normalized spacial score (nSPS) is 10.8. The van der Waals surface area contributed by atoms with Gasteiger partial charge in [0.1, 0.15) is 24.7 Å². The van der Waals surface area contributed by atoms with Gasteiger partial charge in [-0.25, -0.2) is 0 Å². The van der Waals surface area contributed by atoms with E-state index in [1.54, 1.807) is 0 Å². The zero-order valence-electron chi connectivity index (χ0n) is 14.0. The molecule has 0 atom stereocenters. The lowest BCUT2D eigenvalue weighted by Crippen LogP contribution is -2.11. The Balaban J connectivity index is 1.61. The molecule has 0 spiro atoms. The van der Waals surface area contributed by atoms with Crippen molar-refractivity contribution in [3.05, 3.63) is 71.8 Å². The van der Waals surface area contributed by atoms with Gasteiger partial charge in [-0.1, -0.05) is 49.4 Å². The third kappa shape index (κ3) is 3.69. The van der Waals surface area contributed by atoms with Crippen LogP contribution < -0.4 is 15.2 Å². The molecule has 0 radical (unpaired) electrons. The molecule has 0 saturated heterocycles. The first-order valence-electron chi connectivity index (χ1n) is 8.37. The number of aryl methyl sites for hydroxylation is 1. The number of ether oxygens (including phenoxy) is 2. The van der Waals surface area contributed by atoms with Gasteiger partial charge in [-0.2, -0.15) is 0 Å². The van der Waals surface area contributed by atoms with Crippen LogP contribution >= 0.6 is 0 Å². The zero-order chi connectivity index (χ0) is 16.8. The standard InChI is InChI=1S/C21H23NO2/c1-2-16-7-10-18(11-8-16)23-13-14-24-21-12-9-17-5-3-4-6-19(17)20(21)15-22/h3-12H,2,13-15,22H2,1H3. The Hall–Kier alpha value is -2.52. The molecule has 0 aliphatic rings. The van der Waals surface area contributed by atoms with Crippen LogP contribution in [0.3, 0.4) is 0 Å². The maximum absolute atomic E-state index is 5.93. The zero-order valence-corrected chi connectivity index (χ0v) is 14.0. The number of hydrogen-bond acceptors (Lipinski definition) is 3. The minimum Gasteiger partial charge on any atom is -0.490 e. The van der Waals surface area contributed by atoms with E-state index in [9.17, 15) is 0 Å². The molecule has 0 heterocycles. The van der Waals surface area contributed by atoms with Crippen molar-refractivity contribution in [2.45, 2.75) is 19.9 Å². The minimum absolute atomic E-state index is 0.454. The van der Waals surface area contributed by atoms with Gasteiger partial charge < -0.3 is 15.2 Å². The van der Waals surface area contributed by atoms with E-state index in [1.807, 2.05) is 30.3 Å². The maximum atomic E-state index is 5.93. The maximum Gasteiger partial charge on any atom is 0.124 e. The van der Waals surface area contributed by atoms with E-state index in [4.69, 9.17) is 15.2 Å². The second kappa shape index (κ2) is 7.84. The summed E-state index contributed by atoms with van der Waals surface area (Å²) < 4.78 is 11.6. The number of nitrogens with two attached hydrogens (primary N) is 1. The summed E-state index contributed by atoms with van der Waals surface area (Å²) in [5, 5.41) is 2.33. The van der Waals surface area contributed by atoms with Crippen molar-refractivity contribution in [1.29, 1.82) is 0 Å². The summed E-state index contributed by atoms with van der Waals surface area (Å²) in [6.07, 6.45) is 1.03. The highest BCUT2D eigenvalue weighted by Gasteiger charge is 2.07. The Morgan fingerprint density at radius 2 is 1.58 bits per heavy atom. The fourth-order valence-corrected chi connectivity index (χ4v) is 2.79. The molecule has 0 aliphatic heterocycles. The van der Waals surface area contributed by atoms with Crippen LogP contribution in [-0.2, 0) is 13.0 Å². The fourth-order valence-electron chi connectivity index (χ4n) is 2.79. The first kappa shape index (κ1) is 16.3. The quantitative estimate of drug-likeness (QED) is 0.659. The lowest BCUT2D eigenvalue weighted by atomic mass is 10.0. The Labute approximate surface area is 143 Å². The van der Waals surface area contributed by atoms with E-state index in [-0.39, 0.29) is 0 Å². The van der Waals surface area contributed by atoms with Gasteiger partial charge in [0.15, 0.2) is 0 Å². The molecule has 0 aliphatic carbocycles. The highest BCUT2D eigenvalue weighted by atomic mass is 16.5. The Kier molecular flexibility index (Phi) is 5.34. The predicted octanol–water partition coefficient (Wildman–Crippen LogP) is 4.32. The van der Waals surface area contributed by atoms with Crippen molar-refractivity contribution in [2.75, 3.05) is 13.2 Å². The monoisotopic (exact) mass is 321 g/mol. The average Bonchev–Trinajstić information content (AvgIpc) is 2.65. The highest BCUT2D eigenvalue weighted by molar-refractivity contribution is 5.87. The molecule has 3 aromatic carbocycles. The third-order valence-corrected chi connectivity index (χ3v) is 4.14. The van der Waals surface area contributed by atoms with Crippen LogP contribution in [0.25, 0.3) is 10.8 Å². The summed E-state index contributed by atoms with van der Waals surface area (Å²) >= 11 is 0. The smallest absolute Gasteiger partial charge is 0.124 e. The van der Waals surface area contributed by atoms with Gasteiger partial charge in [0, 0.05) is 12.1 Å². The molecule has 0 fully saturated rings. The molecule has 2 N–H and O–H groups in total. The lowest BCUT2D eigenvalue weighted by molar-refractivity contribution is 0.216. The van der Waals surface area contributed by atoms with E-state index in [0.717, 1.165) is 28.9 Å². The number of rotatable bonds is 7. The summed E-state index contributed by atoms with van der Waals surface area (Å²) in [6.45, 7) is 3.58. The Morgan fingerprint density at radius 3 is 2.33 bits per heavy atom. The summed E-state index contributed by atoms with van der Waals surface area (Å²) in [7, 11) is 0. The average molecular weight is 321 g/mol.